The summed E-state index contributed by atoms with van der Waals surface area (Å²) in [6.07, 6.45) is 2.07. The molecular formula is C23H22BrN3O2S. The third-order valence-electron chi connectivity index (χ3n) is 4.95. The zero-order chi connectivity index (χ0) is 21.1. The Morgan fingerprint density at radius 3 is 2.63 bits per heavy atom. The number of fused-ring (bicyclic) bond motifs is 1. The molecule has 1 aliphatic carbocycles. The van der Waals surface area contributed by atoms with Crippen LogP contribution in [0.4, 0.5) is 0 Å². The van der Waals surface area contributed by atoms with E-state index in [0.717, 1.165) is 33.8 Å². The first-order valence-electron chi connectivity index (χ1n) is 9.88. The molecule has 5 nitrogen and oxygen atoms in total. The summed E-state index contributed by atoms with van der Waals surface area (Å²) in [7, 11) is 0. The van der Waals surface area contributed by atoms with Gasteiger partial charge in [0.05, 0.1) is 27.9 Å². The van der Waals surface area contributed by atoms with Crippen LogP contribution in [0.2, 0.25) is 0 Å². The summed E-state index contributed by atoms with van der Waals surface area (Å²) >= 11 is 4.76. The number of para-hydroxylation sites is 1. The first-order chi connectivity index (χ1) is 14.5. The lowest BCUT2D eigenvalue weighted by atomic mass is 10.1. The molecule has 0 aliphatic heterocycles. The highest BCUT2D eigenvalue weighted by Crippen LogP contribution is 2.26. The van der Waals surface area contributed by atoms with Crippen molar-refractivity contribution < 1.29 is 9.59 Å². The molecule has 154 valence electrons. The van der Waals surface area contributed by atoms with E-state index in [4.69, 9.17) is 0 Å². The highest BCUT2D eigenvalue weighted by molar-refractivity contribution is 9.10. The van der Waals surface area contributed by atoms with Crippen molar-refractivity contribution in [2.45, 2.75) is 36.9 Å². The van der Waals surface area contributed by atoms with Crippen LogP contribution in [0.15, 0.2) is 64.1 Å². The van der Waals surface area contributed by atoms with E-state index in [2.05, 4.69) is 31.5 Å². The summed E-state index contributed by atoms with van der Waals surface area (Å²) in [6, 6.07) is 17.5. The fraction of sp³-hybridized carbons (Fsp3) is 0.261. The zero-order valence-corrected chi connectivity index (χ0v) is 18.9. The monoisotopic (exact) mass is 483 g/mol. The quantitative estimate of drug-likeness (QED) is 0.470. The molecule has 4 rings (SSSR count). The van der Waals surface area contributed by atoms with E-state index < -0.39 is 0 Å². The number of benzene rings is 2. The minimum absolute atomic E-state index is 0.0747. The highest BCUT2D eigenvalue weighted by Gasteiger charge is 2.25. The smallest absolute Gasteiger partial charge is 0.252 e. The minimum Gasteiger partial charge on any atom is -0.349 e. The average Bonchev–Trinajstić information content (AvgIpc) is 3.56. The van der Waals surface area contributed by atoms with Crippen LogP contribution >= 0.6 is 27.7 Å². The number of hydrogen-bond donors (Lipinski definition) is 2. The molecule has 1 fully saturated rings. The fourth-order valence-corrected chi connectivity index (χ4v) is 4.15. The molecule has 30 heavy (non-hydrogen) atoms. The molecule has 1 unspecified atom stereocenters. The molecule has 1 aromatic heterocycles. The number of amides is 2. The maximum Gasteiger partial charge on any atom is 0.252 e. The van der Waals surface area contributed by atoms with Gasteiger partial charge in [0.1, 0.15) is 0 Å². The molecule has 7 heteroatoms. The van der Waals surface area contributed by atoms with Gasteiger partial charge in [-0.1, -0.05) is 58.0 Å². The van der Waals surface area contributed by atoms with Crippen molar-refractivity contribution in [2.24, 2.45) is 0 Å². The molecular weight excluding hydrogens is 462 g/mol. The molecule has 0 saturated heterocycles. The van der Waals surface area contributed by atoms with Crippen molar-refractivity contribution in [3.05, 3.63) is 70.2 Å². The number of halogens is 1. The summed E-state index contributed by atoms with van der Waals surface area (Å²) in [5, 5.41) is 7.55. The largest absolute Gasteiger partial charge is 0.349 e. The van der Waals surface area contributed by atoms with Gasteiger partial charge in [-0.2, -0.15) is 0 Å². The second-order valence-electron chi connectivity index (χ2n) is 7.40. The lowest BCUT2D eigenvalue weighted by Crippen LogP contribution is -2.28. The Labute approximate surface area is 188 Å². The average molecular weight is 484 g/mol. The fourth-order valence-electron chi connectivity index (χ4n) is 3.16. The van der Waals surface area contributed by atoms with E-state index in [1.165, 1.54) is 11.8 Å². The van der Waals surface area contributed by atoms with Gasteiger partial charge in [-0.05, 0) is 49.6 Å². The van der Waals surface area contributed by atoms with Gasteiger partial charge >= 0.3 is 0 Å². The molecule has 1 aliphatic rings. The summed E-state index contributed by atoms with van der Waals surface area (Å²) in [4.78, 5) is 29.8. The number of nitrogens with one attached hydrogen (secondary N) is 2. The van der Waals surface area contributed by atoms with Gasteiger partial charge < -0.3 is 10.6 Å². The van der Waals surface area contributed by atoms with Gasteiger partial charge in [0.15, 0.2) is 0 Å². The standard InChI is InChI=1S/C23H22BrN3O2S/c1-14(15-6-8-16(24)9-7-15)25-21(28)13-30-22-12-19(23(29)26-17-10-11-17)18-4-2-3-5-20(18)27-22/h2-9,12,14,17H,10-11,13H2,1H3,(H,25,28)(H,26,29). The normalized spacial score (nSPS) is 14.3. The topological polar surface area (TPSA) is 71.1 Å². The Hall–Kier alpha value is -2.38. The van der Waals surface area contributed by atoms with Crippen molar-refractivity contribution in [3.63, 3.8) is 0 Å². The Morgan fingerprint density at radius 2 is 1.90 bits per heavy atom. The number of carbonyl (C=O) groups is 2. The first-order valence-corrected chi connectivity index (χ1v) is 11.7. The highest BCUT2D eigenvalue weighted by atomic mass is 79.9. The predicted octanol–water partition coefficient (Wildman–Crippen LogP) is 4.86. The molecule has 0 bridgehead atoms. The summed E-state index contributed by atoms with van der Waals surface area (Å²) in [5.74, 6) is 0.0798. The molecule has 3 aromatic rings. The van der Waals surface area contributed by atoms with E-state index in [1.807, 2.05) is 55.5 Å². The molecule has 0 spiro atoms. The maximum absolute atomic E-state index is 12.7. The number of carbonyl (C=O) groups excluding carboxylic acids is 2. The SMILES string of the molecule is CC(NC(=O)CSc1cc(C(=O)NC2CC2)c2ccccc2n1)c1ccc(Br)cc1. The molecule has 2 amide bonds. The number of hydrogen-bond acceptors (Lipinski definition) is 4. The molecule has 1 saturated carbocycles. The second-order valence-corrected chi connectivity index (χ2v) is 9.31. The van der Waals surface area contributed by atoms with E-state index in [0.29, 0.717) is 10.6 Å². The Bertz CT molecular complexity index is 1080. The van der Waals surface area contributed by atoms with Crippen LogP contribution < -0.4 is 10.6 Å². The molecule has 2 aromatic carbocycles. The molecule has 1 atom stereocenters. The van der Waals surface area contributed by atoms with Crippen molar-refractivity contribution in [1.82, 2.24) is 15.6 Å². The molecule has 1 heterocycles. The van der Waals surface area contributed by atoms with E-state index in [9.17, 15) is 9.59 Å². The van der Waals surface area contributed by atoms with Gasteiger partial charge in [-0.25, -0.2) is 4.98 Å². The number of nitrogens with zero attached hydrogens (tertiary/aromatic N) is 1. The lowest BCUT2D eigenvalue weighted by Gasteiger charge is -2.14. The van der Waals surface area contributed by atoms with Crippen molar-refractivity contribution in [3.8, 4) is 0 Å². The number of pyridine rings is 1. The van der Waals surface area contributed by atoms with E-state index in [-0.39, 0.29) is 29.7 Å². The summed E-state index contributed by atoms with van der Waals surface area (Å²) < 4.78 is 1.00. The Kier molecular flexibility index (Phi) is 6.39. The first kappa shape index (κ1) is 20.9. The third-order valence-corrected chi connectivity index (χ3v) is 6.39. The number of rotatable bonds is 7. The summed E-state index contributed by atoms with van der Waals surface area (Å²) in [5.41, 5.74) is 2.41. The van der Waals surface area contributed by atoms with Crippen LogP contribution in [0.3, 0.4) is 0 Å². The van der Waals surface area contributed by atoms with Crippen LogP contribution in [0.1, 0.15) is 41.7 Å². The lowest BCUT2D eigenvalue weighted by molar-refractivity contribution is -0.119. The minimum atomic E-state index is -0.0874. The zero-order valence-electron chi connectivity index (χ0n) is 16.5. The van der Waals surface area contributed by atoms with Crippen LogP contribution in [-0.4, -0.2) is 28.6 Å². The number of thioether (sulfide) groups is 1. The summed E-state index contributed by atoms with van der Waals surface area (Å²) in [6.45, 7) is 1.96. The van der Waals surface area contributed by atoms with Crippen LogP contribution in [-0.2, 0) is 4.79 Å². The van der Waals surface area contributed by atoms with Gasteiger partial charge in [0.2, 0.25) is 5.91 Å². The van der Waals surface area contributed by atoms with E-state index in [1.54, 1.807) is 6.07 Å². The van der Waals surface area contributed by atoms with Gasteiger partial charge in [0, 0.05) is 15.9 Å². The van der Waals surface area contributed by atoms with Crippen molar-refractivity contribution in [2.75, 3.05) is 5.75 Å². The van der Waals surface area contributed by atoms with Gasteiger partial charge in [-0.15, -0.1) is 0 Å². The maximum atomic E-state index is 12.7. The molecule has 0 radical (unpaired) electrons. The molecule has 2 N–H and O–H groups in total. The Balaban J connectivity index is 1.44. The van der Waals surface area contributed by atoms with Crippen LogP contribution in [0, 0.1) is 0 Å². The van der Waals surface area contributed by atoms with Crippen molar-refractivity contribution in [1.29, 1.82) is 0 Å². The number of aromatic nitrogens is 1. The predicted molar refractivity (Wildman–Crippen MR) is 124 cm³/mol. The second kappa shape index (κ2) is 9.18. The Morgan fingerprint density at radius 1 is 1.17 bits per heavy atom. The van der Waals surface area contributed by atoms with Crippen LogP contribution in [0.5, 0.6) is 0 Å². The van der Waals surface area contributed by atoms with Gasteiger partial charge in [0.25, 0.3) is 5.91 Å². The van der Waals surface area contributed by atoms with Crippen molar-refractivity contribution >= 4 is 50.4 Å². The van der Waals surface area contributed by atoms with E-state index >= 15 is 0 Å². The third kappa shape index (κ3) is 5.21. The van der Waals surface area contributed by atoms with Gasteiger partial charge in [-0.3, -0.25) is 9.59 Å². The van der Waals surface area contributed by atoms with Crippen LogP contribution in [0.25, 0.3) is 10.9 Å².